The Hall–Kier alpha value is -2.14. The number of nitrogens with one attached hydrogen (secondary N) is 1. The van der Waals surface area contributed by atoms with Crippen molar-refractivity contribution < 1.29 is 4.74 Å². The van der Waals surface area contributed by atoms with Crippen molar-refractivity contribution in [2.45, 2.75) is 32.6 Å². The molecule has 0 amide bonds. The first-order valence-electron chi connectivity index (χ1n) is 8.49. The average Bonchev–Trinajstić information content (AvgIpc) is 3.17. The molecule has 2 aromatic heterocycles. The molecule has 122 valence electrons. The van der Waals surface area contributed by atoms with Gasteiger partial charge in [0.05, 0.1) is 12.0 Å². The molecule has 3 aromatic rings. The van der Waals surface area contributed by atoms with Gasteiger partial charge in [-0.2, -0.15) is 0 Å². The summed E-state index contributed by atoms with van der Waals surface area (Å²) in [6, 6.07) is 6.04. The Morgan fingerprint density at radius 2 is 2.25 bits per heavy atom. The molecular formula is C19H18N2O2S. The van der Waals surface area contributed by atoms with Gasteiger partial charge in [-0.25, -0.2) is 4.98 Å². The van der Waals surface area contributed by atoms with Crippen molar-refractivity contribution in [1.29, 1.82) is 0 Å². The predicted molar refractivity (Wildman–Crippen MR) is 96.1 cm³/mol. The lowest BCUT2D eigenvalue weighted by Crippen LogP contribution is -2.13. The molecule has 1 N–H and O–H groups in total. The van der Waals surface area contributed by atoms with Crippen LogP contribution in [0.3, 0.4) is 0 Å². The number of hydrogen-bond donors (Lipinski definition) is 1. The molecule has 0 saturated heterocycles. The van der Waals surface area contributed by atoms with Crippen molar-refractivity contribution in [3.63, 3.8) is 0 Å². The fourth-order valence-electron chi connectivity index (χ4n) is 3.82. The van der Waals surface area contributed by atoms with Crippen LogP contribution in [-0.2, 0) is 19.3 Å². The summed E-state index contributed by atoms with van der Waals surface area (Å²) in [6.45, 7) is 3.01. The minimum Gasteiger partial charge on any atom is -0.493 e. The van der Waals surface area contributed by atoms with Crippen LogP contribution in [-0.4, -0.2) is 16.6 Å². The van der Waals surface area contributed by atoms with Gasteiger partial charge in [0.1, 0.15) is 16.4 Å². The predicted octanol–water partition coefficient (Wildman–Crippen LogP) is 3.71. The van der Waals surface area contributed by atoms with E-state index in [0.717, 1.165) is 53.8 Å². The van der Waals surface area contributed by atoms with E-state index >= 15 is 0 Å². The van der Waals surface area contributed by atoms with Crippen LogP contribution in [0.4, 0.5) is 0 Å². The van der Waals surface area contributed by atoms with Crippen molar-refractivity contribution in [2.75, 3.05) is 6.61 Å². The van der Waals surface area contributed by atoms with Crippen molar-refractivity contribution in [3.05, 3.63) is 44.6 Å². The topological polar surface area (TPSA) is 55.0 Å². The van der Waals surface area contributed by atoms with Gasteiger partial charge in [0.2, 0.25) is 0 Å². The van der Waals surface area contributed by atoms with E-state index in [4.69, 9.17) is 9.72 Å². The lowest BCUT2D eigenvalue weighted by atomic mass is 9.89. The average molecular weight is 338 g/mol. The second kappa shape index (κ2) is 5.18. The van der Waals surface area contributed by atoms with Gasteiger partial charge in [-0.15, -0.1) is 11.3 Å². The van der Waals surface area contributed by atoms with E-state index in [-0.39, 0.29) is 5.56 Å². The Morgan fingerprint density at radius 1 is 1.33 bits per heavy atom. The Balaban J connectivity index is 1.67. The fraction of sp³-hybridized carbons (Fsp3) is 0.368. The highest BCUT2D eigenvalue weighted by Gasteiger charge is 2.23. The van der Waals surface area contributed by atoms with Crippen molar-refractivity contribution in [1.82, 2.24) is 9.97 Å². The molecule has 1 aliphatic heterocycles. The highest BCUT2D eigenvalue weighted by atomic mass is 32.1. The monoisotopic (exact) mass is 338 g/mol. The Labute approximate surface area is 143 Å². The van der Waals surface area contributed by atoms with Crippen molar-refractivity contribution in [3.8, 4) is 17.1 Å². The molecule has 5 heteroatoms. The van der Waals surface area contributed by atoms with Crippen LogP contribution in [0, 0.1) is 5.92 Å². The largest absolute Gasteiger partial charge is 0.493 e. The van der Waals surface area contributed by atoms with E-state index in [0.29, 0.717) is 11.7 Å². The number of rotatable bonds is 1. The Bertz CT molecular complexity index is 1020. The zero-order valence-corrected chi connectivity index (χ0v) is 14.3. The quantitative estimate of drug-likeness (QED) is 0.736. The van der Waals surface area contributed by atoms with Crippen LogP contribution in [0.25, 0.3) is 21.6 Å². The summed E-state index contributed by atoms with van der Waals surface area (Å²) >= 11 is 1.70. The minimum atomic E-state index is -0.00111. The van der Waals surface area contributed by atoms with Gasteiger partial charge in [-0.05, 0) is 54.5 Å². The standard InChI is InChI=1S/C19H18N2O2S/c1-10-2-4-13-15(8-10)24-19-16(13)18(22)20-17(21-19)12-3-5-14-11(9-12)6-7-23-14/h3,5,9-10H,2,4,6-8H2,1H3,(H,20,21,22). The molecule has 0 fully saturated rings. The molecule has 1 aliphatic carbocycles. The van der Waals surface area contributed by atoms with Crippen LogP contribution in [0.1, 0.15) is 29.3 Å². The molecule has 0 saturated carbocycles. The third kappa shape index (κ3) is 2.11. The fourth-order valence-corrected chi connectivity index (χ4v) is 5.20. The van der Waals surface area contributed by atoms with Gasteiger partial charge in [-0.1, -0.05) is 6.92 Å². The molecule has 0 spiro atoms. The first-order valence-corrected chi connectivity index (χ1v) is 9.31. The molecule has 5 rings (SSSR count). The van der Waals surface area contributed by atoms with Gasteiger partial charge in [0.15, 0.2) is 0 Å². The number of fused-ring (bicyclic) bond motifs is 4. The third-order valence-electron chi connectivity index (χ3n) is 5.13. The maximum Gasteiger partial charge on any atom is 0.260 e. The minimum absolute atomic E-state index is 0.00111. The lowest BCUT2D eigenvalue weighted by Gasteiger charge is -2.17. The van der Waals surface area contributed by atoms with Crippen LogP contribution in [0.2, 0.25) is 0 Å². The molecule has 4 nitrogen and oxygen atoms in total. The molecule has 1 atom stereocenters. The number of aryl methyl sites for hydroxylation is 1. The number of benzene rings is 1. The zero-order valence-electron chi connectivity index (χ0n) is 13.5. The highest BCUT2D eigenvalue weighted by molar-refractivity contribution is 7.18. The number of nitrogens with zero attached hydrogens (tertiary/aromatic N) is 1. The van der Waals surface area contributed by atoms with Crippen LogP contribution in [0.15, 0.2) is 23.0 Å². The smallest absolute Gasteiger partial charge is 0.260 e. The van der Waals surface area contributed by atoms with E-state index in [1.54, 1.807) is 11.3 Å². The van der Waals surface area contributed by atoms with E-state index in [2.05, 4.69) is 18.0 Å². The summed E-state index contributed by atoms with van der Waals surface area (Å²) in [5.74, 6) is 2.30. The normalized spacial score (nSPS) is 19.1. The SMILES string of the molecule is CC1CCc2c(sc3nc(-c4ccc5c(c4)CCO5)[nH]c(=O)c23)C1. The second-order valence-corrected chi connectivity index (χ2v) is 7.95. The van der Waals surface area contributed by atoms with E-state index in [9.17, 15) is 4.79 Å². The molecule has 24 heavy (non-hydrogen) atoms. The second-order valence-electron chi connectivity index (χ2n) is 6.87. The molecule has 0 radical (unpaired) electrons. The van der Waals surface area contributed by atoms with Crippen LogP contribution in [0.5, 0.6) is 5.75 Å². The number of aromatic amines is 1. The maximum atomic E-state index is 12.7. The Morgan fingerprint density at radius 3 is 3.17 bits per heavy atom. The number of thiophene rings is 1. The summed E-state index contributed by atoms with van der Waals surface area (Å²) in [6.07, 6.45) is 4.14. The van der Waals surface area contributed by atoms with Gasteiger partial charge < -0.3 is 9.72 Å². The van der Waals surface area contributed by atoms with Gasteiger partial charge in [0.25, 0.3) is 5.56 Å². The third-order valence-corrected chi connectivity index (χ3v) is 6.28. The zero-order chi connectivity index (χ0) is 16.3. The summed E-state index contributed by atoms with van der Waals surface area (Å²) in [5.41, 5.74) is 3.38. The molecular weight excluding hydrogens is 320 g/mol. The molecule has 1 aromatic carbocycles. The summed E-state index contributed by atoms with van der Waals surface area (Å²) in [5, 5.41) is 0.815. The first-order chi connectivity index (χ1) is 11.7. The highest BCUT2D eigenvalue weighted by Crippen LogP contribution is 2.36. The number of ether oxygens (including phenoxy) is 1. The molecule has 3 heterocycles. The van der Waals surface area contributed by atoms with Crippen LogP contribution < -0.4 is 10.3 Å². The Kier molecular flexibility index (Phi) is 3.07. The number of hydrogen-bond acceptors (Lipinski definition) is 4. The number of H-pyrrole nitrogens is 1. The summed E-state index contributed by atoms with van der Waals surface area (Å²) in [4.78, 5) is 22.7. The van der Waals surface area contributed by atoms with Gasteiger partial charge in [-0.3, -0.25) is 4.79 Å². The first kappa shape index (κ1) is 14.2. The number of aromatic nitrogens is 2. The van der Waals surface area contributed by atoms with Gasteiger partial charge >= 0.3 is 0 Å². The van der Waals surface area contributed by atoms with E-state index in [1.807, 2.05) is 12.1 Å². The summed E-state index contributed by atoms with van der Waals surface area (Å²) < 4.78 is 5.56. The van der Waals surface area contributed by atoms with Crippen molar-refractivity contribution in [2.24, 2.45) is 5.92 Å². The molecule has 0 bridgehead atoms. The molecule has 1 unspecified atom stereocenters. The van der Waals surface area contributed by atoms with Crippen LogP contribution >= 0.6 is 11.3 Å². The maximum absolute atomic E-state index is 12.7. The van der Waals surface area contributed by atoms with Gasteiger partial charge in [0, 0.05) is 16.9 Å². The lowest BCUT2D eigenvalue weighted by molar-refractivity contribution is 0.357. The van der Waals surface area contributed by atoms with E-state index < -0.39 is 0 Å². The van der Waals surface area contributed by atoms with Crippen molar-refractivity contribution >= 4 is 21.6 Å². The summed E-state index contributed by atoms with van der Waals surface area (Å²) in [7, 11) is 0. The van der Waals surface area contributed by atoms with E-state index in [1.165, 1.54) is 16.0 Å². The molecule has 2 aliphatic rings.